The van der Waals surface area contributed by atoms with Crippen LogP contribution in [0.25, 0.3) is 0 Å². The molecule has 0 N–H and O–H groups in total. The van der Waals surface area contributed by atoms with Crippen LogP contribution in [-0.4, -0.2) is 30.8 Å². The van der Waals surface area contributed by atoms with Gasteiger partial charge in [-0.05, 0) is 38.9 Å². The fourth-order valence-corrected chi connectivity index (χ4v) is 2.92. The Balaban J connectivity index is 2.12. The number of aromatic nitrogens is 2. The first kappa shape index (κ1) is 10.7. The Morgan fingerprint density at radius 2 is 1.80 bits per heavy atom. The number of piperidine rings is 1. The van der Waals surface area contributed by atoms with Crippen LogP contribution in [0.5, 0.6) is 0 Å². The summed E-state index contributed by atoms with van der Waals surface area (Å²) in [5.41, 5.74) is 1.32. The molecule has 1 aromatic heterocycles. The van der Waals surface area contributed by atoms with Gasteiger partial charge in [-0.3, -0.25) is 4.35 Å². The van der Waals surface area contributed by atoms with Crippen molar-refractivity contribution in [2.24, 2.45) is 0 Å². The summed E-state index contributed by atoms with van der Waals surface area (Å²) in [4.78, 5) is 2.47. The molecule has 3 nitrogen and oxygen atoms in total. The van der Waals surface area contributed by atoms with Crippen molar-refractivity contribution in [1.29, 1.82) is 0 Å². The van der Waals surface area contributed by atoms with Gasteiger partial charge in [0.15, 0.2) is 8.24 Å². The van der Waals surface area contributed by atoms with Gasteiger partial charge < -0.3 is 4.90 Å². The van der Waals surface area contributed by atoms with E-state index in [9.17, 15) is 0 Å². The smallest absolute Gasteiger partial charge is 0.176 e. The summed E-state index contributed by atoms with van der Waals surface area (Å²) < 4.78 is 2.19. The second kappa shape index (κ2) is 4.00. The van der Waals surface area contributed by atoms with Gasteiger partial charge in [0.1, 0.15) is 0 Å². The Bertz CT molecular complexity index is 321. The third-order valence-electron chi connectivity index (χ3n) is 2.98. The highest BCUT2D eigenvalue weighted by atomic mass is 28.3. The summed E-state index contributed by atoms with van der Waals surface area (Å²) in [7, 11) is -1.30. The van der Waals surface area contributed by atoms with E-state index in [2.05, 4.69) is 40.2 Å². The quantitative estimate of drug-likeness (QED) is 0.719. The third kappa shape index (κ3) is 2.42. The number of hydrogen-bond acceptors (Lipinski definition) is 2. The van der Waals surface area contributed by atoms with Crippen molar-refractivity contribution in [1.82, 2.24) is 9.45 Å². The van der Waals surface area contributed by atoms with Crippen molar-refractivity contribution < 1.29 is 0 Å². The molecule has 0 saturated carbocycles. The van der Waals surface area contributed by atoms with Crippen molar-refractivity contribution in [3.05, 3.63) is 12.4 Å². The molecular formula is C11H21N3Si. The van der Waals surface area contributed by atoms with Crippen LogP contribution >= 0.6 is 0 Å². The minimum atomic E-state index is -1.30. The lowest BCUT2D eigenvalue weighted by molar-refractivity contribution is 0.578. The van der Waals surface area contributed by atoms with Gasteiger partial charge in [-0.2, -0.15) is 5.10 Å². The predicted molar refractivity (Wildman–Crippen MR) is 67.0 cm³/mol. The van der Waals surface area contributed by atoms with Crippen LogP contribution in [0.2, 0.25) is 19.6 Å². The van der Waals surface area contributed by atoms with Gasteiger partial charge in [0, 0.05) is 19.3 Å². The molecule has 0 atom stereocenters. The number of hydrogen-bond donors (Lipinski definition) is 0. The first-order valence-electron chi connectivity index (χ1n) is 5.87. The van der Waals surface area contributed by atoms with Crippen molar-refractivity contribution in [2.45, 2.75) is 38.9 Å². The maximum absolute atomic E-state index is 4.50. The molecule has 2 heterocycles. The average molecular weight is 223 g/mol. The highest BCUT2D eigenvalue weighted by Crippen LogP contribution is 2.20. The molecule has 0 amide bonds. The van der Waals surface area contributed by atoms with Gasteiger partial charge in [-0.15, -0.1) is 0 Å². The Morgan fingerprint density at radius 3 is 2.33 bits per heavy atom. The van der Waals surface area contributed by atoms with E-state index in [-0.39, 0.29) is 0 Å². The number of rotatable bonds is 2. The fourth-order valence-electron chi connectivity index (χ4n) is 2.00. The van der Waals surface area contributed by atoms with E-state index in [4.69, 9.17) is 0 Å². The summed E-state index contributed by atoms with van der Waals surface area (Å²) in [5.74, 6) is 0. The summed E-state index contributed by atoms with van der Waals surface area (Å²) in [6.45, 7) is 9.37. The van der Waals surface area contributed by atoms with Crippen LogP contribution in [0.3, 0.4) is 0 Å². The zero-order chi connectivity index (χ0) is 10.9. The first-order chi connectivity index (χ1) is 7.07. The molecule has 0 bridgehead atoms. The summed E-state index contributed by atoms with van der Waals surface area (Å²) in [5, 5.41) is 4.50. The molecule has 1 aromatic rings. The molecule has 0 radical (unpaired) electrons. The Hall–Kier alpha value is -0.773. The second-order valence-electron chi connectivity index (χ2n) is 5.36. The molecule has 15 heavy (non-hydrogen) atoms. The standard InChI is InChI=1S/C11H21N3Si/c1-15(2,3)14-10-11(9-12-14)13-7-5-4-6-8-13/h9-10H,4-8H2,1-3H3. The molecule has 0 spiro atoms. The van der Waals surface area contributed by atoms with E-state index < -0.39 is 8.24 Å². The summed E-state index contributed by atoms with van der Waals surface area (Å²) in [6.07, 6.45) is 8.32. The normalized spacial score (nSPS) is 18.2. The third-order valence-corrected chi connectivity index (χ3v) is 4.60. The Kier molecular flexibility index (Phi) is 2.86. The van der Waals surface area contributed by atoms with E-state index in [1.807, 2.05) is 6.20 Å². The highest BCUT2D eigenvalue weighted by Gasteiger charge is 2.19. The van der Waals surface area contributed by atoms with E-state index in [0.29, 0.717) is 0 Å². The first-order valence-corrected chi connectivity index (χ1v) is 9.32. The monoisotopic (exact) mass is 223 g/mol. The van der Waals surface area contributed by atoms with Crippen molar-refractivity contribution in [3.63, 3.8) is 0 Å². The largest absolute Gasteiger partial charge is 0.369 e. The van der Waals surface area contributed by atoms with Gasteiger partial charge in [0.25, 0.3) is 0 Å². The molecule has 0 aromatic carbocycles. The van der Waals surface area contributed by atoms with Gasteiger partial charge in [-0.25, -0.2) is 0 Å². The molecule has 84 valence electrons. The highest BCUT2D eigenvalue weighted by molar-refractivity contribution is 6.74. The van der Waals surface area contributed by atoms with E-state index in [0.717, 1.165) is 0 Å². The molecule has 1 fully saturated rings. The van der Waals surface area contributed by atoms with Gasteiger partial charge in [0.2, 0.25) is 0 Å². The maximum Gasteiger partial charge on any atom is 0.176 e. The zero-order valence-corrected chi connectivity index (χ0v) is 11.0. The number of nitrogens with zero attached hydrogens (tertiary/aromatic N) is 3. The van der Waals surface area contributed by atoms with Crippen LogP contribution < -0.4 is 4.90 Å². The molecule has 0 aliphatic carbocycles. The van der Waals surface area contributed by atoms with Gasteiger partial charge in [0.05, 0.1) is 11.9 Å². The van der Waals surface area contributed by atoms with Crippen molar-refractivity contribution >= 4 is 13.9 Å². The minimum Gasteiger partial charge on any atom is -0.369 e. The molecule has 4 heteroatoms. The fraction of sp³-hybridized carbons (Fsp3) is 0.727. The van der Waals surface area contributed by atoms with E-state index >= 15 is 0 Å². The average Bonchev–Trinajstić information content (AvgIpc) is 2.67. The van der Waals surface area contributed by atoms with Crippen LogP contribution in [0.1, 0.15) is 19.3 Å². The van der Waals surface area contributed by atoms with E-state index in [1.54, 1.807) is 0 Å². The van der Waals surface area contributed by atoms with Crippen LogP contribution in [0.15, 0.2) is 12.4 Å². The van der Waals surface area contributed by atoms with E-state index in [1.165, 1.54) is 38.0 Å². The molecule has 1 aliphatic rings. The predicted octanol–water partition coefficient (Wildman–Crippen LogP) is 2.56. The summed E-state index contributed by atoms with van der Waals surface area (Å²) in [6, 6.07) is 0. The van der Waals surface area contributed by atoms with Crippen molar-refractivity contribution in [2.75, 3.05) is 18.0 Å². The van der Waals surface area contributed by atoms with Crippen LogP contribution in [0, 0.1) is 0 Å². The lowest BCUT2D eigenvalue weighted by atomic mass is 10.1. The summed E-state index contributed by atoms with van der Waals surface area (Å²) >= 11 is 0. The zero-order valence-electron chi connectivity index (χ0n) is 10.0. The maximum atomic E-state index is 4.50. The molecule has 1 aliphatic heterocycles. The molecule has 0 unspecified atom stereocenters. The second-order valence-corrected chi connectivity index (χ2v) is 10.2. The number of anilines is 1. The van der Waals surface area contributed by atoms with Crippen LogP contribution in [-0.2, 0) is 0 Å². The topological polar surface area (TPSA) is 21.1 Å². The lowest BCUT2D eigenvalue weighted by Gasteiger charge is -2.27. The Morgan fingerprint density at radius 1 is 1.13 bits per heavy atom. The Labute approximate surface area is 93.2 Å². The lowest BCUT2D eigenvalue weighted by Crippen LogP contribution is -2.33. The van der Waals surface area contributed by atoms with Gasteiger partial charge >= 0.3 is 0 Å². The van der Waals surface area contributed by atoms with Gasteiger partial charge in [-0.1, -0.05) is 0 Å². The molecule has 1 saturated heterocycles. The van der Waals surface area contributed by atoms with Crippen molar-refractivity contribution in [3.8, 4) is 0 Å². The molecular weight excluding hydrogens is 202 g/mol. The minimum absolute atomic E-state index is 1.21. The molecule has 2 rings (SSSR count). The van der Waals surface area contributed by atoms with Crippen LogP contribution in [0.4, 0.5) is 5.69 Å². The SMILES string of the molecule is C[Si](C)(C)n1cc(N2CCCCC2)cn1.